The third-order valence-electron chi connectivity index (χ3n) is 6.97. The van der Waals surface area contributed by atoms with E-state index in [1.54, 1.807) is 6.07 Å². The highest BCUT2D eigenvalue weighted by Gasteiger charge is 2.35. The molecule has 2 N–H and O–H groups in total. The molecule has 1 heterocycles. The molecule has 0 atom stereocenters. The van der Waals surface area contributed by atoms with Crippen LogP contribution in [0.3, 0.4) is 0 Å². The summed E-state index contributed by atoms with van der Waals surface area (Å²) >= 11 is 0. The Bertz CT molecular complexity index is 1040. The van der Waals surface area contributed by atoms with Gasteiger partial charge >= 0.3 is 0 Å². The van der Waals surface area contributed by atoms with Crippen LogP contribution in [0.15, 0.2) is 48.5 Å². The predicted molar refractivity (Wildman–Crippen MR) is 135 cm³/mol. The van der Waals surface area contributed by atoms with Crippen molar-refractivity contribution in [1.82, 2.24) is 15.5 Å². The van der Waals surface area contributed by atoms with Gasteiger partial charge in [-0.05, 0) is 75.3 Å². The summed E-state index contributed by atoms with van der Waals surface area (Å²) in [5.74, 6) is 0.942. The Balaban J connectivity index is 1.13. The van der Waals surface area contributed by atoms with Crippen LogP contribution >= 0.6 is 0 Å². The van der Waals surface area contributed by atoms with Crippen molar-refractivity contribution in [2.24, 2.45) is 0 Å². The van der Waals surface area contributed by atoms with Crippen LogP contribution in [-0.4, -0.2) is 60.8 Å². The second kappa shape index (κ2) is 11.5. The lowest BCUT2D eigenvalue weighted by Crippen LogP contribution is -2.63. The fraction of sp³-hybridized carbons (Fsp3) is 0.464. The molecule has 0 unspecified atom stereocenters. The lowest BCUT2D eigenvalue weighted by atomic mass is 9.80. The zero-order valence-corrected chi connectivity index (χ0v) is 20.6. The third kappa shape index (κ3) is 6.92. The molecule has 7 nitrogen and oxygen atoms in total. The van der Waals surface area contributed by atoms with E-state index in [4.69, 9.17) is 4.74 Å². The fourth-order valence-corrected chi connectivity index (χ4v) is 5.03. The monoisotopic (exact) mass is 477 g/mol. The number of benzene rings is 2. The smallest absolute Gasteiger partial charge is 0.251 e. The van der Waals surface area contributed by atoms with E-state index in [0.717, 1.165) is 50.1 Å². The molecule has 35 heavy (non-hydrogen) atoms. The van der Waals surface area contributed by atoms with Gasteiger partial charge in [-0.25, -0.2) is 0 Å². The minimum absolute atomic E-state index is 0.00698. The normalized spacial score (nSPS) is 20.5. The summed E-state index contributed by atoms with van der Waals surface area (Å²) in [6.07, 6.45) is 4.61. The zero-order valence-electron chi connectivity index (χ0n) is 20.6. The maximum Gasteiger partial charge on any atom is 0.251 e. The number of ketones is 1. The topological polar surface area (TPSA) is 87.7 Å². The molecular weight excluding hydrogens is 442 g/mol. The van der Waals surface area contributed by atoms with Gasteiger partial charge in [0.25, 0.3) is 5.91 Å². The van der Waals surface area contributed by atoms with Crippen LogP contribution < -0.4 is 15.4 Å². The van der Waals surface area contributed by atoms with Gasteiger partial charge in [0.2, 0.25) is 5.91 Å². The van der Waals surface area contributed by atoms with Gasteiger partial charge in [-0.1, -0.05) is 29.8 Å². The Morgan fingerprint density at radius 3 is 2.37 bits per heavy atom. The third-order valence-corrected chi connectivity index (χ3v) is 6.97. The number of hydrogen-bond donors (Lipinski definition) is 2. The molecule has 186 valence electrons. The molecule has 2 aromatic rings. The minimum atomic E-state index is -0.228. The molecule has 0 aromatic heterocycles. The Kier molecular flexibility index (Phi) is 8.18. The molecule has 1 saturated carbocycles. The molecule has 1 aliphatic heterocycles. The Labute approximate surface area is 207 Å². The predicted octanol–water partition coefficient (Wildman–Crippen LogP) is 3.22. The molecule has 2 aromatic carbocycles. The summed E-state index contributed by atoms with van der Waals surface area (Å²) in [5, 5.41) is 5.73. The number of nitrogens with zero attached hydrogens (tertiary/aromatic N) is 1. The molecule has 2 fully saturated rings. The van der Waals surface area contributed by atoms with Crippen molar-refractivity contribution in [3.8, 4) is 5.75 Å². The molecule has 2 aliphatic rings. The summed E-state index contributed by atoms with van der Waals surface area (Å²) in [6.45, 7) is 5.31. The number of nitrogens with one attached hydrogen (secondary N) is 2. The fourth-order valence-electron chi connectivity index (χ4n) is 5.03. The van der Waals surface area contributed by atoms with Gasteiger partial charge < -0.3 is 15.4 Å². The number of aryl methyl sites for hydroxylation is 1. The SMILES string of the molecule is CC(=O)COc1ccc([C@H]2CC[C@@H](N3CC(NC(=O)CNC(=O)c4cccc(C)c4)C3)CC2)cc1. The van der Waals surface area contributed by atoms with Crippen LogP contribution in [0.2, 0.25) is 0 Å². The molecular formula is C28H35N3O4. The van der Waals surface area contributed by atoms with Crippen molar-refractivity contribution >= 4 is 17.6 Å². The van der Waals surface area contributed by atoms with Gasteiger partial charge in [-0.3, -0.25) is 19.3 Å². The molecule has 7 heteroatoms. The maximum atomic E-state index is 12.3. The molecule has 0 radical (unpaired) electrons. The van der Waals surface area contributed by atoms with Gasteiger partial charge in [0.05, 0.1) is 12.6 Å². The Morgan fingerprint density at radius 1 is 1.00 bits per heavy atom. The van der Waals surface area contributed by atoms with Crippen LogP contribution in [0.1, 0.15) is 60.0 Å². The van der Waals surface area contributed by atoms with Gasteiger partial charge in [-0.2, -0.15) is 0 Å². The van der Waals surface area contributed by atoms with Gasteiger partial charge in [-0.15, -0.1) is 0 Å². The zero-order chi connectivity index (χ0) is 24.8. The highest BCUT2D eigenvalue weighted by molar-refractivity contribution is 5.96. The largest absolute Gasteiger partial charge is 0.486 e. The number of carbonyl (C=O) groups excluding carboxylic acids is 3. The van der Waals surface area contributed by atoms with Gasteiger partial charge in [0, 0.05) is 24.7 Å². The molecule has 1 saturated heterocycles. The van der Waals surface area contributed by atoms with E-state index in [0.29, 0.717) is 17.5 Å². The number of Topliss-reactive ketones (excluding diaryl/α,β-unsaturated/α-hetero) is 1. The van der Waals surface area contributed by atoms with E-state index in [9.17, 15) is 14.4 Å². The molecule has 4 rings (SSSR count). The highest BCUT2D eigenvalue weighted by atomic mass is 16.5. The maximum absolute atomic E-state index is 12.3. The Morgan fingerprint density at radius 2 is 1.71 bits per heavy atom. The number of carbonyl (C=O) groups is 3. The lowest BCUT2D eigenvalue weighted by molar-refractivity contribution is -0.122. The van der Waals surface area contributed by atoms with Crippen LogP contribution in [0.4, 0.5) is 0 Å². The second-order valence-electron chi connectivity index (χ2n) is 9.84. The van der Waals surface area contributed by atoms with Crippen molar-refractivity contribution in [2.75, 3.05) is 26.2 Å². The van der Waals surface area contributed by atoms with Gasteiger partial charge in [0.15, 0.2) is 5.78 Å². The van der Waals surface area contributed by atoms with Crippen LogP contribution in [0.5, 0.6) is 5.75 Å². The first-order chi connectivity index (χ1) is 16.9. The van der Waals surface area contributed by atoms with Crippen molar-refractivity contribution in [3.05, 3.63) is 65.2 Å². The van der Waals surface area contributed by atoms with E-state index in [1.807, 2.05) is 37.3 Å². The first-order valence-electron chi connectivity index (χ1n) is 12.5. The average molecular weight is 478 g/mol. The quantitative estimate of drug-likeness (QED) is 0.579. The Hall–Kier alpha value is -3.19. The van der Waals surface area contributed by atoms with Gasteiger partial charge in [0.1, 0.15) is 12.4 Å². The van der Waals surface area contributed by atoms with Crippen molar-refractivity contribution in [2.45, 2.75) is 57.5 Å². The summed E-state index contributed by atoms with van der Waals surface area (Å²) < 4.78 is 5.46. The highest BCUT2D eigenvalue weighted by Crippen LogP contribution is 2.36. The van der Waals surface area contributed by atoms with E-state index in [1.165, 1.54) is 12.5 Å². The van der Waals surface area contributed by atoms with Crippen LogP contribution in [-0.2, 0) is 9.59 Å². The van der Waals surface area contributed by atoms with Crippen molar-refractivity contribution < 1.29 is 19.1 Å². The minimum Gasteiger partial charge on any atom is -0.486 e. The second-order valence-corrected chi connectivity index (χ2v) is 9.84. The number of rotatable bonds is 9. The summed E-state index contributed by atoms with van der Waals surface area (Å²) in [7, 11) is 0. The van der Waals surface area contributed by atoms with E-state index < -0.39 is 0 Å². The first-order valence-corrected chi connectivity index (χ1v) is 12.5. The molecule has 0 spiro atoms. The summed E-state index contributed by atoms with van der Waals surface area (Å²) in [4.78, 5) is 38.0. The molecule has 2 amide bonds. The number of amides is 2. The van der Waals surface area contributed by atoms with Crippen LogP contribution in [0.25, 0.3) is 0 Å². The van der Waals surface area contributed by atoms with E-state index in [-0.39, 0.29) is 36.8 Å². The van der Waals surface area contributed by atoms with Crippen molar-refractivity contribution in [1.29, 1.82) is 0 Å². The van der Waals surface area contributed by atoms with Crippen LogP contribution in [0, 0.1) is 6.92 Å². The molecule has 0 bridgehead atoms. The summed E-state index contributed by atoms with van der Waals surface area (Å²) in [5.41, 5.74) is 2.92. The number of likely N-dealkylation sites (tertiary alicyclic amines) is 1. The van der Waals surface area contributed by atoms with E-state index >= 15 is 0 Å². The van der Waals surface area contributed by atoms with E-state index in [2.05, 4.69) is 27.7 Å². The summed E-state index contributed by atoms with van der Waals surface area (Å²) in [6, 6.07) is 16.2. The van der Waals surface area contributed by atoms with Crippen molar-refractivity contribution in [3.63, 3.8) is 0 Å². The number of ether oxygens (including phenoxy) is 1. The first kappa shape index (κ1) is 24.9. The average Bonchev–Trinajstić information content (AvgIpc) is 2.83. The standard InChI is InChI=1S/C28H35N3O4/c1-19-4-3-5-23(14-19)28(34)29-15-27(33)30-24-16-31(17-24)25-10-6-21(7-11-25)22-8-12-26(13-9-22)35-18-20(2)32/h3-5,8-9,12-14,21,24-25H,6-7,10-11,15-18H2,1-2H3,(H,29,34)(H,30,33)/t21-,25+. The number of hydrogen-bond acceptors (Lipinski definition) is 5. The molecule has 1 aliphatic carbocycles. The lowest BCUT2D eigenvalue weighted by Gasteiger charge is -2.46.